The Morgan fingerprint density at radius 1 is 0.880 bits per heavy atom. The van der Waals surface area contributed by atoms with Crippen molar-refractivity contribution in [2.24, 2.45) is 0 Å². The van der Waals surface area contributed by atoms with Crippen LogP contribution in [0.25, 0.3) is 0 Å². The number of benzene rings is 2. The van der Waals surface area contributed by atoms with Crippen molar-refractivity contribution in [1.29, 1.82) is 0 Å². The number of esters is 2. The third kappa shape index (κ3) is 5.64. The summed E-state index contributed by atoms with van der Waals surface area (Å²) in [6.45, 7) is 4.76. The molecule has 0 spiro atoms. The minimum atomic E-state index is -0.482. The van der Waals surface area contributed by atoms with Crippen LogP contribution in [-0.2, 0) is 4.74 Å². The number of ether oxygens (including phenoxy) is 3. The molecular weight excluding hydrogens is 320 g/mol. The first kappa shape index (κ1) is 18.5. The Morgan fingerprint density at radius 3 is 2.32 bits per heavy atom. The second kappa shape index (κ2) is 9.47. The molecule has 0 unspecified atom stereocenters. The summed E-state index contributed by atoms with van der Waals surface area (Å²) in [6, 6.07) is 13.1. The molecule has 0 aromatic heterocycles. The summed E-state index contributed by atoms with van der Waals surface area (Å²) in [6.07, 6.45) is 2.00. The number of hydrogen-bond donors (Lipinski definition) is 0. The van der Waals surface area contributed by atoms with Gasteiger partial charge in [-0.1, -0.05) is 19.4 Å². The summed E-state index contributed by atoms with van der Waals surface area (Å²) in [5.41, 5.74) is 0.816. The number of carbonyl (C=O) groups excluding carboxylic acids is 2. The summed E-state index contributed by atoms with van der Waals surface area (Å²) < 4.78 is 15.8. The number of rotatable bonds is 8. The van der Waals surface area contributed by atoms with Gasteiger partial charge in [-0.05, 0) is 55.8 Å². The van der Waals surface area contributed by atoms with Gasteiger partial charge in [-0.25, -0.2) is 9.59 Å². The average Bonchev–Trinajstić information content (AvgIpc) is 2.63. The predicted molar refractivity (Wildman–Crippen MR) is 94.2 cm³/mol. The molecule has 132 valence electrons. The second-order valence-corrected chi connectivity index (χ2v) is 5.36. The van der Waals surface area contributed by atoms with Gasteiger partial charge in [0.2, 0.25) is 0 Å². The minimum absolute atomic E-state index is 0.312. The van der Waals surface area contributed by atoms with Crippen LogP contribution in [0.4, 0.5) is 0 Å². The lowest BCUT2D eigenvalue weighted by Gasteiger charge is -2.08. The van der Waals surface area contributed by atoms with Gasteiger partial charge in [0.05, 0.1) is 24.3 Å². The van der Waals surface area contributed by atoms with Crippen molar-refractivity contribution in [3.8, 4) is 11.5 Å². The molecular formula is C20H22O5. The van der Waals surface area contributed by atoms with Gasteiger partial charge in [0, 0.05) is 0 Å². The second-order valence-electron chi connectivity index (χ2n) is 5.36. The van der Waals surface area contributed by atoms with Gasteiger partial charge in [0.15, 0.2) is 0 Å². The van der Waals surface area contributed by atoms with Crippen LogP contribution in [0.5, 0.6) is 11.5 Å². The van der Waals surface area contributed by atoms with Crippen molar-refractivity contribution in [2.45, 2.75) is 26.7 Å². The standard InChI is InChI=1S/C20H22O5/c1-3-5-13-24-18-8-6-7-16(14-18)20(22)25-17-11-9-15(10-12-17)19(21)23-4-2/h6-12,14H,3-5,13H2,1-2H3. The monoisotopic (exact) mass is 342 g/mol. The molecule has 0 fully saturated rings. The van der Waals surface area contributed by atoms with Gasteiger partial charge in [-0.3, -0.25) is 0 Å². The van der Waals surface area contributed by atoms with Crippen molar-refractivity contribution in [2.75, 3.05) is 13.2 Å². The molecule has 0 radical (unpaired) electrons. The van der Waals surface area contributed by atoms with E-state index in [0.717, 1.165) is 12.8 Å². The molecule has 0 heterocycles. The molecule has 5 heteroatoms. The zero-order chi connectivity index (χ0) is 18.1. The molecule has 2 rings (SSSR count). The van der Waals surface area contributed by atoms with E-state index in [1.165, 1.54) is 0 Å². The quantitative estimate of drug-likeness (QED) is 0.407. The Morgan fingerprint density at radius 2 is 1.64 bits per heavy atom. The first-order chi connectivity index (χ1) is 12.1. The van der Waals surface area contributed by atoms with E-state index in [-0.39, 0.29) is 0 Å². The van der Waals surface area contributed by atoms with Crippen molar-refractivity contribution in [3.05, 3.63) is 59.7 Å². The topological polar surface area (TPSA) is 61.8 Å². The predicted octanol–water partition coefficient (Wildman–Crippen LogP) is 4.26. The van der Waals surface area contributed by atoms with Gasteiger partial charge in [-0.15, -0.1) is 0 Å². The fourth-order valence-electron chi connectivity index (χ4n) is 2.09. The van der Waals surface area contributed by atoms with Crippen LogP contribution in [0, 0.1) is 0 Å². The minimum Gasteiger partial charge on any atom is -0.494 e. The molecule has 5 nitrogen and oxygen atoms in total. The summed E-state index contributed by atoms with van der Waals surface area (Å²) in [7, 11) is 0. The number of carbonyl (C=O) groups is 2. The van der Waals surface area contributed by atoms with E-state index in [2.05, 4.69) is 6.92 Å². The van der Waals surface area contributed by atoms with E-state index in [9.17, 15) is 9.59 Å². The Bertz CT molecular complexity index is 706. The van der Waals surface area contributed by atoms with Gasteiger partial charge >= 0.3 is 11.9 Å². The highest BCUT2D eigenvalue weighted by Gasteiger charge is 2.11. The summed E-state index contributed by atoms with van der Waals surface area (Å²) in [4.78, 5) is 23.8. The Hall–Kier alpha value is -2.82. The molecule has 0 aliphatic rings. The van der Waals surface area contributed by atoms with Crippen molar-refractivity contribution in [3.63, 3.8) is 0 Å². The summed E-state index contributed by atoms with van der Waals surface area (Å²) in [5.74, 6) is 0.109. The highest BCUT2D eigenvalue weighted by Crippen LogP contribution is 2.18. The maximum atomic E-state index is 12.2. The van der Waals surface area contributed by atoms with Crippen LogP contribution >= 0.6 is 0 Å². The van der Waals surface area contributed by atoms with Gasteiger partial charge in [0.1, 0.15) is 11.5 Å². The molecule has 0 saturated carbocycles. The summed E-state index contributed by atoms with van der Waals surface area (Å²) >= 11 is 0. The van der Waals surface area contributed by atoms with Crippen LogP contribution < -0.4 is 9.47 Å². The number of unbranched alkanes of at least 4 members (excludes halogenated alkanes) is 1. The molecule has 0 atom stereocenters. The molecule has 2 aromatic rings. The van der Waals surface area contributed by atoms with Gasteiger partial charge in [-0.2, -0.15) is 0 Å². The van der Waals surface area contributed by atoms with Crippen molar-refractivity contribution in [1.82, 2.24) is 0 Å². The van der Waals surface area contributed by atoms with Crippen LogP contribution in [0.2, 0.25) is 0 Å². The first-order valence-corrected chi connectivity index (χ1v) is 8.36. The zero-order valence-corrected chi connectivity index (χ0v) is 14.5. The molecule has 0 saturated heterocycles. The molecule has 0 aliphatic heterocycles. The van der Waals surface area contributed by atoms with E-state index >= 15 is 0 Å². The first-order valence-electron chi connectivity index (χ1n) is 8.36. The Balaban J connectivity index is 1.99. The van der Waals surface area contributed by atoms with E-state index < -0.39 is 11.9 Å². The van der Waals surface area contributed by atoms with Crippen LogP contribution in [0.1, 0.15) is 47.4 Å². The third-order valence-electron chi connectivity index (χ3n) is 3.41. The lowest BCUT2D eigenvalue weighted by Crippen LogP contribution is -2.09. The molecule has 0 aliphatic carbocycles. The molecule has 25 heavy (non-hydrogen) atoms. The lowest BCUT2D eigenvalue weighted by molar-refractivity contribution is 0.0526. The highest BCUT2D eigenvalue weighted by atomic mass is 16.5. The molecule has 0 N–H and O–H groups in total. The number of hydrogen-bond acceptors (Lipinski definition) is 5. The smallest absolute Gasteiger partial charge is 0.343 e. The van der Waals surface area contributed by atoms with E-state index in [0.29, 0.717) is 35.8 Å². The third-order valence-corrected chi connectivity index (χ3v) is 3.41. The van der Waals surface area contributed by atoms with E-state index in [1.54, 1.807) is 55.5 Å². The molecule has 2 aromatic carbocycles. The van der Waals surface area contributed by atoms with Crippen molar-refractivity contribution >= 4 is 11.9 Å². The lowest BCUT2D eigenvalue weighted by atomic mass is 10.2. The maximum Gasteiger partial charge on any atom is 0.343 e. The summed E-state index contributed by atoms with van der Waals surface area (Å²) in [5, 5.41) is 0. The van der Waals surface area contributed by atoms with E-state index in [1.807, 2.05) is 0 Å². The van der Waals surface area contributed by atoms with Crippen LogP contribution in [0.3, 0.4) is 0 Å². The average molecular weight is 342 g/mol. The van der Waals surface area contributed by atoms with Crippen molar-refractivity contribution < 1.29 is 23.8 Å². The fourth-order valence-corrected chi connectivity index (χ4v) is 2.09. The normalized spacial score (nSPS) is 10.2. The maximum absolute atomic E-state index is 12.2. The fraction of sp³-hybridized carbons (Fsp3) is 0.300. The van der Waals surface area contributed by atoms with Gasteiger partial charge in [0.25, 0.3) is 0 Å². The van der Waals surface area contributed by atoms with Crippen LogP contribution in [-0.4, -0.2) is 25.2 Å². The van der Waals surface area contributed by atoms with E-state index in [4.69, 9.17) is 14.2 Å². The molecule has 0 amide bonds. The highest BCUT2D eigenvalue weighted by molar-refractivity contribution is 5.92. The SMILES string of the molecule is CCCCOc1cccc(C(=O)Oc2ccc(C(=O)OCC)cc2)c1. The zero-order valence-electron chi connectivity index (χ0n) is 14.5. The Labute approximate surface area is 147 Å². The largest absolute Gasteiger partial charge is 0.494 e. The Kier molecular flexibility index (Phi) is 7.01. The van der Waals surface area contributed by atoms with Gasteiger partial charge < -0.3 is 14.2 Å². The van der Waals surface area contributed by atoms with Crippen LogP contribution in [0.15, 0.2) is 48.5 Å². The molecule has 0 bridgehead atoms.